The maximum Gasteiger partial charge on any atom is 0.227 e. The molecule has 2 aliphatic rings. The van der Waals surface area contributed by atoms with Crippen molar-refractivity contribution in [1.82, 2.24) is 4.90 Å². The van der Waals surface area contributed by atoms with Crippen molar-refractivity contribution in [1.29, 1.82) is 0 Å². The number of carbonyl (C=O) groups excluding carboxylic acids is 1. The molecule has 1 aliphatic heterocycles. The third-order valence-corrected chi connectivity index (χ3v) is 4.84. The highest BCUT2D eigenvalue weighted by atomic mass is 79.9. The van der Waals surface area contributed by atoms with E-state index in [0.29, 0.717) is 6.42 Å². The Morgan fingerprint density at radius 3 is 2.94 bits per heavy atom. The van der Waals surface area contributed by atoms with E-state index in [9.17, 15) is 4.79 Å². The van der Waals surface area contributed by atoms with Crippen LogP contribution in [0, 0.1) is 5.41 Å². The smallest absolute Gasteiger partial charge is 0.227 e. The normalized spacial score (nSPS) is 28.6. The van der Waals surface area contributed by atoms with Crippen LogP contribution in [0.4, 0.5) is 0 Å². The predicted octanol–water partition coefficient (Wildman–Crippen LogP) is 4.31. The van der Waals surface area contributed by atoms with Crippen molar-refractivity contribution in [2.24, 2.45) is 5.41 Å². The number of nitrogens with zero attached hydrogens (tertiary/aromatic N) is 1. The van der Waals surface area contributed by atoms with E-state index in [1.807, 2.05) is 4.90 Å². The second kappa shape index (κ2) is 4.88. The fraction of sp³-hybridized carbons (Fsp3) is 0.615. The highest BCUT2D eigenvalue weighted by Gasteiger charge is 2.46. The number of halogens is 2. The molecule has 1 unspecified atom stereocenters. The van der Waals surface area contributed by atoms with Crippen molar-refractivity contribution in [3.63, 3.8) is 0 Å². The standard InChI is InChI=1S/C13H17Br2NO/c1-9(14)5-7-16-11(17)8-13(2)6-3-4-10(15)12(13)16/h1,3-8H2,2H3. The van der Waals surface area contributed by atoms with Gasteiger partial charge in [-0.15, -0.1) is 0 Å². The number of hydrogen-bond donors (Lipinski definition) is 0. The van der Waals surface area contributed by atoms with E-state index in [1.54, 1.807) is 0 Å². The van der Waals surface area contributed by atoms with Crippen molar-refractivity contribution in [3.8, 4) is 0 Å². The lowest BCUT2D eigenvalue weighted by molar-refractivity contribution is -0.126. The molecule has 0 saturated carbocycles. The van der Waals surface area contributed by atoms with Crippen molar-refractivity contribution in [2.75, 3.05) is 6.54 Å². The van der Waals surface area contributed by atoms with Crippen LogP contribution < -0.4 is 0 Å². The number of rotatable bonds is 3. The van der Waals surface area contributed by atoms with E-state index in [0.717, 1.165) is 30.3 Å². The van der Waals surface area contributed by atoms with Crippen LogP contribution in [-0.2, 0) is 4.79 Å². The quantitative estimate of drug-likeness (QED) is 0.732. The van der Waals surface area contributed by atoms with E-state index in [2.05, 4.69) is 45.4 Å². The van der Waals surface area contributed by atoms with Gasteiger partial charge in [-0.2, -0.15) is 0 Å². The van der Waals surface area contributed by atoms with Gasteiger partial charge in [-0.3, -0.25) is 4.79 Å². The van der Waals surface area contributed by atoms with Crippen LogP contribution in [0.15, 0.2) is 21.2 Å². The summed E-state index contributed by atoms with van der Waals surface area (Å²) in [5.74, 6) is 0.259. The van der Waals surface area contributed by atoms with Crippen LogP contribution in [0.2, 0.25) is 0 Å². The number of fused-ring (bicyclic) bond motifs is 1. The Morgan fingerprint density at radius 1 is 1.59 bits per heavy atom. The summed E-state index contributed by atoms with van der Waals surface area (Å²) in [6, 6.07) is 0. The first kappa shape index (κ1) is 13.3. The Balaban J connectivity index is 2.26. The Labute approximate surface area is 119 Å². The van der Waals surface area contributed by atoms with Crippen LogP contribution in [0.5, 0.6) is 0 Å². The van der Waals surface area contributed by atoms with Gasteiger partial charge in [0.25, 0.3) is 0 Å². The summed E-state index contributed by atoms with van der Waals surface area (Å²) < 4.78 is 2.17. The van der Waals surface area contributed by atoms with Crippen LogP contribution in [-0.4, -0.2) is 17.4 Å². The Bertz CT molecular complexity index is 402. The first-order valence-electron chi connectivity index (χ1n) is 5.97. The number of allylic oxidation sites excluding steroid dienone is 2. The molecule has 1 aliphatic carbocycles. The van der Waals surface area contributed by atoms with E-state index in [1.165, 1.54) is 16.6 Å². The second-order valence-electron chi connectivity index (χ2n) is 5.16. The monoisotopic (exact) mass is 361 g/mol. The zero-order valence-electron chi connectivity index (χ0n) is 10.1. The molecule has 1 saturated heterocycles. The van der Waals surface area contributed by atoms with Gasteiger partial charge >= 0.3 is 0 Å². The second-order valence-corrected chi connectivity index (χ2v) is 7.24. The van der Waals surface area contributed by atoms with Gasteiger partial charge in [0.2, 0.25) is 5.91 Å². The summed E-state index contributed by atoms with van der Waals surface area (Å²) in [6.07, 6.45) is 4.82. The molecule has 0 spiro atoms. The summed E-state index contributed by atoms with van der Waals surface area (Å²) in [5.41, 5.74) is 1.28. The summed E-state index contributed by atoms with van der Waals surface area (Å²) >= 11 is 7.02. The molecule has 0 aromatic carbocycles. The predicted molar refractivity (Wildman–Crippen MR) is 76.9 cm³/mol. The van der Waals surface area contributed by atoms with Gasteiger partial charge in [-0.05, 0) is 30.2 Å². The summed E-state index contributed by atoms with van der Waals surface area (Å²) in [5, 5.41) is 0. The van der Waals surface area contributed by atoms with Gasteiger partial charge in [-0.25, -0.2) is 0 Å². The number of likely N-dealkylation sites (tertiary alicyclic amines) is 1. The highest BCUT2D eigenvalue weighted by Crippen LogP contribution is 2.51. The maximum atomic E-state index is 12.1. The molecule has 0 bridgehead atoms. The molecule has 2 rings (SSSR count). The number of carbonyl (C=O) groups is 1. The molecule has 1 atom stereocenters. The van der Waals surface area contributed by atoms with Crippen molar-refractivity contribution < 1.29 is 4.79 Å². The minimum absolute atomic E-state index is 0.0574. The molecule has 1 amide bonds. The topological polar surface area (TPSA) is 20.3 Å². The SMILES string of the molecule is C=C(Br)CCN1C(=O)CC2(C)CCCC(Br)=C12. The fourth-order valence-corrected chi connectivity index (χ4v) is 4.02. The largest absolute Gasteiger partial charge is 0.314 e. The lowest BCUT2D eigenvalue weighted by Crippen LogP contribution is -2.28. The average molecular weight is 363 g/mol. The molecule has 0 N–H and O–H groups in total. The van der Waals surface area contributed by atoms with Gasteiger partial charge in [0.05, 0.1) is 0 Å². The fourth-order valence-electron chi connectivity index (χ4n) is 2.87. The van der Waals surface area contributed by atoms with Gasteiger partial charge < -0.3 is 4.90 Å². The van der Waals surface area contributed by atoms with Gasteiger partial charge in [0, 0.05) is 28.6 Å². The Morgan fingerprint density at radius 2 is 2.29 bits per heavy atom. The van der Waals surface area contributed by atoms with Crippen molar-refractivity contribution >= 4 is 37.8 Å². The molecular weight excluding hydrogens is 346 g/mol. The summed E-state index contributed by atoms with van der Waals surface area (Å²) in [6.45, 7) is 6.78. The lowest BCUT2D eigenvalue weighted by Gasteiger charge is -2.33. The molecule has 4 heteroatoms. The van der Waals surface area contributed by atoms with Gasteiger partial charge in [-0.1, -0.05) is 45.4 Å². The molecule has 2 nitrogen and oxygen atoms in total. The van der Waals surface area contributed by atoms with E-state index in [4.69, 9.17) is 0 Å². The van der Waals surface area contributed by atoms with E-state index >= 15 is 0 Å². The minimum atomic E-state index is 0.0574. The summed E-state index contributed by atoms with van der Waals surface area (Å²) in [4.78, 5) is 14.1. The van der Waals surface area contributed by atoms with Crippen LogP contribution in [0.3, 0.4) is 0 Å². The lowest BCUT2D eigenvalue weighted by atomic mass is 9.77. The van der Waals surface area contributed by atoms with Crippen LogP contribution >= 0.6 is 31.9 Å². The third-order valence-electron chi connectivity index (χ3n) is 3.67. The first-order valence-corrected chi connectivity index (χ1v) is 7.55. The third kappa shape index (κ3) is 2.53. The summed E-state index contributed by atoms with van der Waals surface area (Å²) in [7, 11) is 0. The molecule has 1 heterocycles. The first-order chi connectivity index (χ1) is 7.94. The van der Waals surface area contributed by atoms with Crippen LogP contribution in [0.25, 0.3) is 0 Å². The molecule has 0 aromatic rings. The Kier molecular flexibility index (Phi) is 3.83. The van der Waals surface area contributed by atoms with Crippen LogP contribution in [0.1, 0.15) is 39.0 Å². The van der Waals surface area contributed by atoms with Crippen molar-refractivity contribution in [3.05, 3.63) is 21.2 Å². The molecular formula is C13H17Br2NO. The maximum absolute atomic E-state index is 12.1. The van der Waals surface area contributed by atoms with Gasteiger partial charge in [0.15, 0.2) is 0 Å². The molecule has 94 valence electrons. The average Bonchev–Trinajstić information content (AvgIpc) is 2.47. The number of hydrogen-bond acceptors (Lipinski definition) is 1. The van der Waals surface area contributed by atoms with Crippen molar-refractivity contribution in [2.45, 2.75) is 39.0 Å². The Hall–Kier alpha value is -0.0900. The molecule has 0 radical (unpaired) electrons. The van der Waals surface area contributed by atoms with E-state index < -0.39 is 0 Å². The molecule has 1 fully saturated rings. The minimum Gasteiger partial charge on any atom is -0.314 e. The zero-order valence-corrected chi connectivity index (χ0v) is 13.2. The zero-order chi connectivity index (χ0) is 12.6. The highest BCUT2D eigenvalue weighted by molar-refractivity contribution is 9.12. The van der Waals surface area contributed by atoms with E-state index in [-0.39, 0.29) is 11.3 Å². The van der Waals surface area contributed by atoms with Gasteiger partial charge in [0.1, 0.15) is 0 Å². The number of amides is 1. The molecule has 17 heavy (non-hydrogen) atoms. The molecule has 0 aromatic heterocycles.